The van der Waals surface area contributed by atoms with Crippen molar-refractivity contribution >= 4 is 40.0 Å². The molecule has 1 aromatic carbocycles. The van der Waals surface area contributed by atoms with Gasteiger partial charge in [0.15, 0.2) is 5.96 Å². The van der Waals surface area contributed by atoms with Gasteiger partial charge in [-0.1, -0.05) is 18.2 Å². The van der Waals surface area contributed by atoms with Crippen LogP contribution in [0.1, 0.15) is 25.8 Å². The highest BCUT2D eigenvalue weighted by Crippen LogP contribution is 2.17. The van der Waals surface area contributed by atoms with E-state index in [2.05, 4.69) is 20.3 Å². The van der Waals surface area contributed by atoms with Gasteiger partial charge in [-0.15, -0.1) is 24.0 Å². The summed E-state index contributed by atoms with van der Waals surface area (Å²) in [6.45, 7) is 5.91. The molecule has 0 unspecified atom stereocenters. The van der Waals surface area contributed by atoms with E-state index in [1.807, 2.05) is 31.2 Å². The molecule has 1 rings (SSSR count). The number of hydrogen-bond acceptors (Lipinski definition) is 4. The molecule has 25 heavy (non-hydrogen) atoms. The van der Waals surface area contributed by atoms with Gasteiger partial charge >= 0.3 is 0 Å². The van der Waals surface area contributed by atoms with E-state index in [1.54, 1.807) is 14.0 Å². The van der Waals surface area contributed by atoms with Gasteiger partial charge in [-0.3, -0.25) is 0 Å². The van der Waals surface area contributed by atoms with Crippen molar-refractivity contribution in [2.24, 2.45) is 4.99 Å². The van der Waals surface area contributed by atoms with Crippen molar-refractivity contribution in [3.63, 3.8) is 0 Å². The van der Waals surface area contributed by atoms with E-state index in [0.29, 0.717) is 32.0 Å². The Kier molecular flexibility index (Phi) is 12.6. The minimum atomic E-state index is -3.12. The molecule has 9 heteroatoms. The topological polar surface area (TPSA) is 91.8 Å². The molecule has 0 radical (unpaired) electrons. The summed E-state index contributed by atoms with van der Waals surface area (Å²) >= 11 is 0. The van der Waals surface area contributed by atoms with E-state index in [1.165, 1.54) is 0 Å². The second-order valence-electron chi connectivity index (χ2n) is 5.09. The number of benzene rings is 1. The SMILES string of the molecule is CCNC(=NCc1ccccc1OC)NCCCNS(=O)(=O)CC.I. The lowest BCUT2D eigenvalue weighted by Gasteiger charge is -2.12. The van der Waals surface area contributed by atoms with E-state index >= 15 is 0 Å². The number of guanidine groups is 1. The number of sulfonamides is 1. The zero-order valence-electron chi connectivity index (χ0n) is 15.0. The maximum atomic E-state index is 11.3. The van der Waals surface area contributed by atoms with Crippen molar-refractivity contribution in [2.45, 2.75) is 26.8 Å². The number of nitrogens with zero attached hydrogens (tertiary/aromatic N) is 1. The second-order valence-corrected chi connectivity index (χ2v) is 7.18. The number of para-hydroxylation sites is 1. The Labute approximate surface area is 168 Å². The van der Waals surface area contributed by atoms with Crippen LogP contribution in [-0.4, -0.2) is 46.9 Å². The van der Waals surface area contributed by atoms with Gasteiger partial charge in [0.05, 0.1) is 19.4 Å². The Morgan fingerprint density at radius 2 is 1.88 bits per heavy atom. The molecule has 3 N–H and O–H groups in total. The molecule has 0 aliphatic rings. The van der Waals surface area contributed by atoms with Crippen LogP contribution in [0.3, 0.4) is 0 Å². The first-order valence-corrected chi connectivity index (χ1v) is 9.79. The molecule has 0 spiro atoms. The number of rotatable bonds is 10. The molecule has 0 aliphatic heterocycles. The number of halogens is 1. The molecule has 0 atom stereocenters. The largest absolute Gasteiger partial charge is 0.496 e. The first kappa shape index (κ1) is 23.9. The number of methoxy groups -OCH3 is 1. The Bertz CT molecular complexity index is 624. The molecule has 1 aromatic rings. The van der Waals surface area contributed by atoms with Gasteiger partial charge in [0.1, 0.15) is 5.75 Å². The molecule has 7 nitrogen and oxygen atoms in total. The highest BCUT2D eigenvalue weighted by Gasteiger charge is 2.05. The van der Waals surface area contributed by atoms with Crippen LogP contribution in [0.4, 0.5) is 0 Å². The van der Waals surface area contributed by atoms with Crippen LogP contribution in [0.15, 0.2) is 29.3 Å². The summed E-state index contributed by atoms with van der Waals surface area (Å²) < 4.78 is 30.5. The summed E-state index contributed by atoms with van der Waals surface area (Å²) in [7, 11) is -1.48. The summed E-state index contributed by atoms with van der Waals surface area (Å²) in [6, 6.07) is 7.76. The normalized spacial score (nSPS) is 11.6. The molecule has 144 valence electrons. The van der Waals surface area contributed by atoms with Crippen LogP contribution in [0.5, 0.6) is 5.75 Å². The van der Waals surface area contributed by atoms with Crippen molar-refractivity contribution < 1.29 is 13.2 Å². The zero-order chi connectivity index (χ0) is 17.8. The lowest BCUT2D eigenvalue weighted by molar-refractivity contribution is 0.410. The van der Waals surface area contributed by atoms with Gasteiger partial charge in [0.2, 0.25) is 10.0 Å². The van der Waals surface area contributed by atoms with Crippen LogP contribution in [-0.2, 0) is 16.6 Å². The summed E-state index contributed by atoms with van der Waals surface area (Å²) in [5.41, 5.74) is 1.01. The van der Waals surface area contributed by atoms with Gasteiger partial charge in [-0.2, -0.15) is 0 Å². The van der Waals surface area contributed by atoms with Crippen molar-refractivity contribution in [1.29, 1.82) is 0 Å². The highest BCUT2D eigenvalue weighted by molar-refractivity contribution is 14.0. The number of nitrogens with one attached hydrogen (secondary N) is 3. The first-order valence-electron chi connectivity index (χ1n) is 8.13. The van der Waals surface area contributed by atoms with Gasteiger partial charge in [0.25, 0.3) is 0 Å². The summed E-state index contributed by atoms with van der Waals surface area (Å²) in [6.07, 6.45) is 0.679. The standard InChI is InChI=1S/C16H28N4O3S.HI/c1-4-17-16(18-11-8-12-20-24(21,22)5-2)19-13-14-9-6-7-10-15(14)23-3;/h6-7,9-10,20H,4-5,8,11-13H2,1-3H3,(H2,17,18,19);1H. The fourth-order valence-corrected chi connectivity index (χ4v) is 2.62. The third-order valence-electron chi connectivity index (χ3n) is 3.29. The average molecular weight is 484 g/mol. The quantitative estimate of drug-likeness (QED) is 0.204. The summed E-state index contributed by atoms with van der Waals surface area (Å²) in [5, 5.41) is 6.36. The first-order chi connectivity index (χ1) is 11.5. The Morgan fingerprint density at radius 1 is 1.16 bits per heavy atom. The molecule has 0 saturated heterocycles. The molecule has 0 aromatic heterocycles. The van der Waals surface area contributed by atoms with Crippen molar-refractivity contribution in [3.05, 3.63) is 29.8 Å². The number of hydrogen-bond donors (Lipinski definition) is 3. The number of ether oxygens (including phenoxy) is 1. The van der Waals surface area contributed by atoms with Crippen LogP contribution in [0, 0.1) is 0 Å². The molecule has 0 bridgehead atoms. The fourth-order valence-electron chi connectivity index (χ4n) is 1.96. The Balaban J connectivity index is 0.00000576. The van der Waals surface area contributed by atoms with E-state index in [9.17, 15) is 8.42 Å². The lowest BCUT2D eigenvalue weighted by Crippen LogP contribution is -2.38. The maximum absolute atomic E-state index is 11.3. The predicted molar refractivity (Wildman–Crippen MR) is 113 cm³/mol. The molecule has 0 saturated carbocycles. The van der Waals surface area contributed by atoms with E-state index in [-0.39, 0.29) is 29.7 Å². The van der Waals surface area contributed by atoms with Crippen molar-refractivity contribution in [2.75, 3.05) is 32.5 Å². The molecular formula is C16H29IN4O3S. The van der Waals surface area contributed by atoms with Crippen LogP contribution in [0.25, 0.3) is 0 Å². The third-order valence-corrected chi connectivity index (χ3v) is 4.70. The van der Waals surface area contributed by atoms with Gasteiger partial charge in [0, 0.05) is 25.2 Å². The second kappa shape index (κ2) is 13.2. The monoisotopic (exact) mass is 484 g/mol. The van der Waals surface area contributed by atoms with Gasteiger partial charge in [-0.25, -0.2) is 18.1 Å². The molecule has 0 aliphatic carbocycles. The Morgan fingerprint density at radius 3 is 2.52 bits per heavy atom. The fraction of sp³-hybridized carbons (Fsp3) is 0.562. The Hall–Kier alpha value is -1.07. The van der Waals surface area contributed by atoms with Gasteiger partial charge < -0.3 is 15.4 Å². The van der Waals surface area contributed by atoms with E-state index in [0.717, 1.165) is 17.9 Å². The molecule has 0 heterocycles. The van der Waals surface area contributed by atoms with Crippen LogP contribution >= 0.6 is 24.0 Å². The lowest BCUT2D eigenvalue weighted by atomic mass is 10.2. The van der Waals surface area contributed by atoms with Crippen LogP contribution < -0.4 is 20.1 Å². The summed E-state index contributed by atoms with van der Waals surface area (Å²) in [4.78, 5) is 4.53. The van der Waals surface area contributed by atoms with Crippen molar-refractivity contribution in [1.82, 2.24) is 15.4 Å². The smallest absolute Gasteiger partial charge is 0.211 e. The minimum absolute atomic E-state index is 0. The van der Waals surface area contributed by atoms with Gasteiger partial charge in [-0.05, 0) is 26.3 Å². The molecule has 0 amide bonds. The number of aliphatic imine (C=N–C) groups is 1. The average Bonchev–Trinajstić information content (AvgIpc) is 2.59. The van der Waals surface area contributed by atoms with E-state index in [4.69, 9.17) is 4.74 Å². The van der Waals surface area contributed by atoms with E-state index < -0.39 is 10.0 Å². The summed E-state index contributed by atoms with van der Waals surface area (Å²) in [5.74, 6) is 1.61. The minimum Gasteiger partial charge on any atom is -0.496 e. The maximum Gasteiger partial charge on any atom is 0.211 e. The predicted octanol–water partition coefficient (Wildman–Crippen LogP) is 1.70. The van der Waals surface area contributed by atoms with Crippen LogP contribution in [0.2, 0.25) is 0 Å². The third kappa shape index (κ3) is 9.85. The molecule has 0 fully saturated rings. The zero-order valence-corrected chi connectivity index (χ0v) is 18.2. The van der Waals surface area contributed by atoms with Crippen molar-refractivity contribution in [3.8, 4) is 5.75 Å². The molecular weight excluding hydrogens is 455 g/mol. The highest BCUT2D eigenvalue weighted by atomic mass is 127.